The number of likely N-dealkylation sites (N-methyl/N-ethyl adjacent to an activating group) is 1. The molecule has 5 nitrogen and oxygen atoms in total. The molecule has 1 aliphatic rings. The summed E-state index contributed by atoms with van der Waals surface area (Å²) in [7, 11) is 5.60. The van der Waals surface area contributed by atoms with Crippen LogP contribution in [0.15, 0.2) is 18.3 Å². The smallest absolute Gasteiger partial charge is 0.338 e. The molecule has 0 aromatic carbocycles. The molecule has 0 amide bonds. The van der Waals surface area contributed by atoms with E-state index in [1.54, 1.807) is 18.3 Å². The molecule has 0 unspecified atom stereocenters. The van der Waals surface area contributed by atoms with Crippen molar-refractivity contribution in [3.05, 3.63) is 23.9 Å². The number of esters is 1. The van der Waals surface area contributed by atoms with E-state index < -0.39 is 0 Å². The van der Waals surface area contributed by atoms with E-state index in [2.05, 4.69) is 29.3 Å². The number of rotatable bonds is 5. The van der Waals surface area contributed by atoms with Crippen LogP contribution in [0.4, 0.5) is 5.82 Å². The summed E-state index contributed by atoms with van der Waals surface area (Å²) in [5.41, 5.74) is 0.746. The number of hydrogen-bond acceptors (Lipinski definition) is 5. The summed E-state index contributed by atoms with van der Waals surface area (Å²) < 4.78 is 4.70. The zero-order chi connectivity index (χ0) is 13.9. The van der Waals surface area contributed by atoms with Gasteiger partial charge in [0, 0.05) is 18.3 Å². The summed E-state index contributed by atoms with van der Waals surface area (Å²) in [6.07, 6.45) is 5.29. The summed E-state index contributed by atoms with van der Waals surface area (Å²) in [5.74, 6) is 0.382. The van der Waals surface area contributed by atoms with Gasteiger partial charge in [0.25, 0.3) is 0 Å². The molecule has 1 aromatic rings. The third-order valence-electron chi connectivity index (χ3n) is 4.01. The number of anilines is 1. The molecule has 104 valence electrons. The van der Waals surface area contributed by atoms with Gasteiger partial charge in [-0.15, -0.1) is 0 Å². The maximum atomic E-state index is 11.5. The van der Waals surface area contributed by atoms with Crippen LogP contribution in [0.5, 0.6) is 0 Å². The zero-order valence-electron chi connectivity index (χ0n) is 11.8. The number of nitrogens with one attached hydrogen (secondary N) is 1. The number of nitrogens with zero attached hydrogens (tertiary/aromatic N) is 2. The predicted octanol–water partition coefficient (Wildman–Crippen LogP) is 1.76. The second kappa shape index (κ2) is 5.57. The van der Waals surface area contributed by atoms with Gasteiger partial charge < -0.3 is 15.0 Å². The topological polar surface area (TPSA) is 54.5 Å². The molecule has 2 rings (SSSR count). The Morgan fingerprint density at radius 2 is 2.26 bits per heavy atom. The first kappa shape index (κ1) is 13.8. The van der Waals surface area contributed by atoms with E-state index in [1.807, 2.05) is 0 Å². The highest BCUT2D eigenvalue weighted by Crippen LogP contribution is 2.36. The molecule has 1 saturated carbocycles. The van der Waals surface area contributed by atoms with Crippen LogP contribution in [0.3, 0.4) is 0 Å². The monoisotopic (exact) mass is 263 g/mol. The Kier molecular flexibility index (Phi) is 4.04. The van der Waals surface area contributed by atoms with Crippen LogP contribution in [0.25, 0.3) is 0 Å². The van der Waals surface area contributed by atoms with Crippen molar-refractivity contribution in [2.24, 2.45) is 0 Å². The van der Waals surface area contributed by atoms with Crippen molar-refractivity contribution in [3.63, 3.8) is 0 Å². The largest absolute Gasteiger partial charge is 0.465 e. The van der Waals surface area contributed by atoms with Gasteiger partial charge in [0.2, 0.25) is 0 Å². The Hall–Kier alpha value is -1.62. The molecular formula is C14H21N3O2. The maximum absolute atomic E-state index is 11.5. The van der Waals surface area contributed by atoms with E-state index in [1.165, 1.54) is 26.4 Å². The normalized spacial score (nSPS) is 16.8. The van der Waals surface area contributed by atoms with Gasteiger partial charge in [-0.05, 0) is 45.5 Å². The minimum Gasteiger partial charge on any atom is -0.465 e. The molecule has 0 spiro atoms. The van der Waals surface area contributed by atoms with E-state index in [4.69, 9.17) is 4.74 Å². The van der Waals surface area contributed by atoms with Crippen molar-refractivity contribution >= 4 is 11.8 Å². The fourth-order valence-electron chi connectivity index (χ4n) is 2.39. The highest BCUT2D eigenvalue weighted by Gasteiger charge is 2.38. The van der Waals surface area contributed by atoms with Crippen molar-refractivity contribution < 1.29 is 9.53 Å². The second-order valence-electron chi connectivity index (χ2n) is 5.25. The first-order valence-corrected chi connectivity index (χ1v) is 6.53. The van der Waals surface area contributed by atoms with Gasteiger partial charge in [-0.2, -0.15) is 0 Å². The van der Waals surface area contributed by atoms with Crippen molar-refractivity contribution in [2.45, 2.75) is 24.8 Å². The van der Waals surface area contributed by atoms with Crippen LogP contribution in [0.2, 0.25) is 0 Å². The van der Waals surface area contributed by atoms with Crippen LogP contribution in [0, 0.1) is 0 Å². The number of aromatic nitrogens is 1. The predicted molar refractivity (Wildman–Crippen MR) is 74.3 cm³/mol. The summed E-state index contributed by atoms with van der Waals surface area (Å²) in [4.78, 5) is 18.0. The average molecular weight is 263 g/mol. The number of ether oxygens (including phenoxy) is 1. The number of hydrogen-bond donors (Lipinski definition) is 1. The number of methoxy groups -OCH3 is 1. The summed E-state index contributed by atoms with van der Waals surface area (Å²) in [5, 5.41) is 3.33. The van der Waals surface area contributed by atoms with Gasteiger partial charge in [0.05, 0.1) is 12.7 Å². The zero-order valence-corrected chi connectivity index (χ0v) is 11.8. The Bertz CT molecular complexity index is 456. The van der Waals surface area contributed by atoms with Crippen LogP contribution >= 0.6 is 0 Å². The molecule has 1 heterocycles. The SMILES string of the molecule is COC(=O)c1ccnc(NCC2(N(C)C)CCC2)c1. The highest BCUT2D eigenvalue weighted by atomic mass is 16.5. The summed E-state index contributed by atoms with van der Waals surface area (Å²) in [6.45, 7) is 0.845. The molecule has 5 heteroatoms. The lowest BCUT2D eigenvalue weighted by molar-refractivity contribution is 0.0600. The molecule has 0 bridgehead atoms. The van der Waals surface area contributed by atoms with E-state index in [0.29, 0.717) is 5.56 Å². The molecule has 0 atom stereocenters. The van der Waals surface area contributed by atoms with Gasteiger partial charge in [-0.1, -0.05) is 0 Å². The Morgan fingerprint density at radius 1 is 1.53 bits per heavy atom. The molecule has 0 aliphatic heterocycles. The standard InChI is InChI=1S/C14H21N3O2/c1-17(2)14(6-4-7-14)10-16-12-9-11(5-8-15-12)13(18)19-3/h5,8-9H,4,6-7,10H2,1-3H3,(H,15,16). The van der Waals surface area contributed by atoms with Crippen molar-refractivity contribution in [2.75, 3.05) is 33.1 Å². The quantitative estimate of drug-likeness (QED) is 0.820. The Morgan fingerprint density at radius 3 is 2.79 bits per heavy atom. The molecule has 1 N–H and O–H groups in total. The lowest BCUT2D eigenvalue weighted by Gasteiger charge is -2.47. The first-order chi connectivity index (χ1) is 9.07. The number of carbonyl (C=O) groups excluding carboxylic acids is 1. The summed E-state index contributed by atoms with van der Waals surface area (Å²) >= 11 is 0. The molecule has 0 saturated heterocycles. The molecule has 1 fully saturated rings. The maximum Gasteiger partial charge on any atom is 0.338 e. The molecule has 19 heavy (non-hydrogen) atoms. The average Bonchev–Trinajstić information content (AvgIpc) is 2.36. The Labute approximate surface area is 114 Å². The Balaban J connectivity index is 2.01. The van der Waals surface area contributed by atoms with Gasteiger partial charge in [0.15, 0.2) is 0 Å². The van der Waals surface area contributed by atoms with Crippen LogP contribution in [0.1, 0.15) is 29.6 Å². The minimum atomic E-state index is -0.337. The lowest BCUT2D eigenvalue weighted by atomic mass is 9.75. The fraction of sp³-hybridized carbons (Fsp3) is 0.571. The third kappa shape index (κ3) is 2.87. The van der Waals surface area contributed by atoms with Crippen molar-refractivity contribution in [1.82, 2.24) is 9.88 Å². The number of pyridine rings is 1. The van der Waals surface area contributed by atoms with Crippen LogP contribution < -0.4 is 5.32 Å². The summed E-state index contributed by atoms with van der Waals surface area (Å²) in [6, 6.07) is 3.38. The number of carbonyl (C=O) groups is 1. The molecule has 1 aromatic heterocycles. The van der Waals surface area contributed by atoms with Crippen molar-refractivity contribution in [1.29, 1.82) is 0 Å². The van der Waals surface area contributed by atoms with Gasteiger partial charge >= 0.3 is 5.97 Å². The van der Waals surface area contributed by atoms with Crippen LogP contribution in [-0.2, 0) is 4.74 Å². The molecule has 1 aliphatic carbocycles. The van der Waals surface area contributed by atoms with Gasteiger partial charge in [-0.25, -0.2) is 9.78 Å². The van der Waals surface area contributed by atoms with Gasteiger partial charge in [-0.3, -0.25) is 0 Å². The highest BCUT2D eigenvalue weighted by molar-refractivity contribution is 5.89. The molecular weight excluding hydrogens is 242 g/mol. The minimum absolute atomic E-state index is 0.225. The first-order valence-electron chi connectivity index (χ1n) is 6.53. The van der Waals surface area contributed by atoms with Crippen molar-refractivity contribution in [3.8, 4) is 0 Å². The van der Waals surface area contributed by atoms with E-state index in [9.17, 15) is 4.79 Å². The van der Waals surface area contributed by atoms with Crippen LogP contribution in [-0.4, -0.2) is 49.1 Å². The van der Waals surface area contributed by atoms with E-state index in [0.717, 1.165) is 12.4 Å². The second-order valence-corrected chi connectivity index (χ2v) is 5.25. The fourth-order valence-corrected chi connectivity index (χ4v) is 2.39. The van der Waals surface area contributed by atoms with E-state index in [-0.39, 0.29) is 11.5 Å². The molecule has 0 radical (unpaired) electrons. The lowest BCUT2D eigenvalue weighted by Crippen LogP contribution is -2.54. The van der Waals surface area contributed by atoms with E-state index >= 15 is 0 Å². The third-order valence-corrected chi connectivity index (χ3v) is 4.01. The van der Waals surface area contributed by atoms with Gasteiger partial charge in [0.1, 0.15) is 5.82 Å².